The van der Waals surface area contributed by atoms with E-state index < -0.39 is 151 Å². The molecule has 0 bridgehead atoms. The average Bonchev–Trinajstić information content (AvgIpc) is 3.30. The fourth-order valence-corrected chi connectivity index (χ4v) is 9.72. The molecule has 2 unspecified atom stereocenters. The van der Waals surface area contributed by atoms with Gasteiger partial charge in [-0.25, -0.2) is 0 Å². The molecule has 1 fully saturated rings. The van der Waals surface area contributed by atoms with E-state index in [1.54, 1.807) is 0 Å². The Kier molecular flexibility index (Phi) is 41.0. The van der Waals surface area contributed by atoms with E-state index in [1.165, 1.54) is 13.8 Å². The van der Waals surface area contributed by atoms with Crippen LogP contribution in [-0.2, 0) is 52.7 Å². The highest BCUT2D eigenvalue weighted by molar-refractivity contribution is 5.99. The summed E-state index contributed by atoms with van der Waals surface area (Å²) in [6, 6.07) is -14.4. The first-order valence-electron chi connectivity index (χ1n) is 31.6. The maximum Gasteiger partial charge on any atom is 0.245 e. The molecule has 11 amide bonds. The largest absolute Gasteiger partial charge is 0.391 e. The zero-order valence-corrected chi connectivity index (χ0v) is 52.6. The van der Waals surface area contributed by atoms with Crippen LogP contribution < -0.4 is 87.2 Å². The summed E-state index contributed by atoms with van der Waals surface area (Å²) >= 11 is 0. The Balaban J connectivity index is 3.84. The summed E-state index contributed by atoms with van der Waals surface area (Å²) in [5.74, 6) is -9.62. The van der Waals surface area contributed by atoms with Gasteiger partial charge in [0.25, 0.3) is 0 Å². The number of nitrogens with two attached hydrogens (primary N) is 5. The van der Waals surface area contributed by atoms with Crippen LogP contribution in [0.5, 0.6) is 0 Å². The quantitative estimate of drug-likeness (QED) is 0.0275. The molecule has 87 heavy (non-hydrogen) atoms. The molecule has 1 aliphatic rings. The molecule has 1 saturated heterocycles. The molecule has 1 rings (SSSR count). The number of hydrogen-bond acceptors (Lipinski definition) is 18. The Morgan fingerprint density at radius 2 is 0.908 bits per heavy atom. The molecule has 29 heteroatoms. The summed E-state index contributed by atoms with van der Waals surface area (Å²) in [5, 5.41) is 50.0. The summed E-state index contributed by atoms with van der Waals surface area (Å²) in [5.41, 5.74) is 29.4. The third-order valence-electron chi connectivity index (χ3n) is 14.8. The second kappa shape index (κ2) is 45.2. The lowest BCUT2D eigenvalue weighted by Crippen LogP contribution is -2.62. The molecule has 0 spiro atoms. The number of aliphatic hydroxyl groups is 2. The number of aliphatic hydroxyl groups excluding tert-OH is 2. The van der Waals surface area contributed by atoms with Gasteiger partial charge in [-0.3, -0.25) is 52.7 Å². The highest BCUT2D eigenvalue weighted by Gasteiger charge is 2.37. The lowest BCUT2D eigenvalue weighted by molar-refractivity contribution is -0.137. The summed E-state index contributed by atoms with van der Waals surface area (Å²) in [4.78, 5) is 154. The van der Waals surface area contributed by atoms with Gasteiger partial charge in [-0.15, -0.1) is 0 Å². The van der Waals surface area contributed by atoms with Crippen LogP contribution >= 0.6 is 0 Å². The minimum Gasteiger partial charge on any atom is -0.391 e. The topological polar surface area (TPSA) is 491 Å². The number of carbonyl (C=O) groups is 11. The van der Waals surface area contributed by atoms with Crippen LogP contribution in [0.3, 0.4) is 0 Å². The van der Waals surface area contributed by atoms with Gasteiger partial charge in [0.05, 0.1) is 12.2 Å². The summed E-state index contributed by atoms with van der Waals surface area (Å²) < 4.78 is 0. The molecule has 1 heterocycles. The van der Waals surface area contributed by atoms with E-state index >= 15 is 0 Å². The lowest BCUT2D eigenvalue weighted by atomic mass is 10.00. The average molecular weight is 1240 g/mol. The van der Waals surface area contributed by atoms with Crippen molar-refractivity contribution in [1.82, 2.24) is 58.5 Å². The van der Waals surface area contributed by atoms with Crippen molar-refractivity contribution >= 4 is 65.0 Å². The molecule has 1 aliphatic heterocycles. The van der Waals surface area contributed by atoms with Crippen molar-refractivity contribution in [2.75, 3.05) is 39.3 Å². The molecular formula is C58H110N16O13. The Bertz CT molecular complexity index is 2120. The van der Waals surface area contributed by atoms with Gasteiger partial charge in [0, 0.05) is 13.0 Å². The Morgan fingerprint density at radius 3 is 1.37 bits per heavy atom. The highest BCUT2D eigenvalue weighted by atomic mass is 16.3. The first kappa shape index (κ1) is 78.9. The number of carbonyl (C=O) groups excluding carboxylic acids is 11. The van der Waals surface area contributed by atoms with Crippen LogP contribution in [-0.4, -0.2) is 187 Å². The van der Waals surface area contributed by atoms with Gasteiger partial charge in [0.1, 0.15) is 60.4 Å². The van der Waals surface area contributed by atoms with E-state index in [4.69, 9.17) is 28.7 Å². The van der Waals surface area contributed by atoms with Crippen molar-refractivity contribution in [2.24, 2.45) is 34.6 Å². The summed E-state index contributed by atoms with van der Waals surface area (Å²) in [6.07, 6.45) is 7.78. The minimum atomic E-state index is -1.69. The third-order valence-corrected chi connectivity index (χ3v) is 14.8. The van der Waals surface area contributed by atoms with Crippen LogP contribution in [0.2, 0.25) is 0 Å². The molecule has 0 aromatic carbocycles. The SMILES string of the molecule is CCCCCCCCCC(=O)N[C@@H](CCN)C(=O)N[C@H](C(=O)N[C@@H](CCN)C(=O)N[C@H]1CCNC(=O)[C@H](C(C)O)NC(=O)[C@H](CCN)NC(=O)[C@H](CCN)NC(=O)[C@H](CC(C)C)NC(=O)[C@@H](CCCCCCCC)NC(=O)[C@H](CCN)NC1=O)C(C)O. The Labute approximate surface area is 514 Å². The van der Waals surface area contributed by atoms with Crippen molar-refractivity contribution in [2.45, 2.75) is 255 Å². The van der Waals surface area contributed by atoms with Crippen LogP contribution in [0.25, 0.3) is 0 Å². The van der Waals surface area contributed by atoms with Gasteiger partial charge in [-0.1, -0.05) is 105 Å². The molecule has 0 saturated carbocycles. The summed E-state index contributed by atoms with van der Waals surface area (Å²) in [7, 11) is 0. The van der Waals surface area contributed by atoms with Crippen molar-refractivity contribution in [3.05, 3.63) is 0 Å². The fourth-order valence-electron chi connectivity index (χ4n) is 9.72. The van der Waals surface area contributed by atoms with E-state index in [2.05, 4.69) is 72.3 Å². The monoisotopic (exact) mass is 1240 g/mol. The maximum absolute atomic E-state index is 14.6. The molecule has 12 atom stereocenters. The van der Waals surface area contributed by atoms with Gasteiger partial charge in [0.2, 0.25) is 65.0 Å². The van der Waals surface area contributed by atoms with E-state index in [-0.39, 0.29) is 90.0 Å². The standard InChI is InChI=1S/C58H110N16O13/c1-7-9-11-13-15-17-19-21-46(77)65-39(22-28-59)54(83)74-48(37(6)76)58(87)71-42(25-31-62)52(81)70-44-27-33-64-57(86)47(36(5)75)73-55(84)43(26-32-63)68-51(80)41(24-30-61)69-56(85)45(34-35(3)4)72-49(78)38(20-18-16-14-12-10-8-2)66-50(79)40(23-29-60)67-53(44)82/h35-45,47-48,75-76H,7-34,59-63H2,1-6H3,(H,64,86)(H,65,77)(H,66,79)(H,67,82)(H,68,80)(H,69,85)(H,70,81)(H,71,87)(H,72,78)(H,73,84)(H,74,83)/t36?,37?,38-,39+,40+,41+,42+,43+,44+,45+,47+,48+/m1/s1. The van der Waals surface area contributed by atoms with Gasteiger partial charge in [0.15, 0.2) is 0 Å². The fraction of sp³-hybridized carbons (Fsp3) is 0.810. The maximum atomic E-state index is 14.6. The third kappa shape index (κ3) is 31.6. The molecule has 29 nitrogen and oxygen atoms in total. The van der Waals surface area contributed by atoms with E-state index in [9.17, 15) is 63.0 Å². The zero-order valence-electron chi connectivity index (χ0n) is 52.6. The second-order valence-electron chi connectivity index (χ2n) is 23.0. The van der Waals surface area contributed by atoms with E-state index in [0.717, 1.165) is 64.2 Å². The van der Waals surface area contributed by atoms with Gasteiger partial charge < -0.3 is 97.4 Å². The van der Waals surface area contributed by atoms with Crippen molar-refractivity contribution in [1.29, 1.82) is 0 Å². The number of rotatable bonds is 36. The van der Waals surface area contributed by atoms with Gasteiger partial charge in [-0.05, 0) is 110 Å². The second-order valence-corrected chi connectivity index (χ2v) is 23.0. The van der Waals surface area contributed by atoms with E-state index in [1.807, 2.05) is 13.8 Å². The van der Waals surface area contributed by atoms with Crippen molar-refractivity contribution < 1.29 is 63.0 Å². The highest BCUT2D eigenvalue weighted by Crippen LogP contribution is 2.14. The molecular weight excluding hydrogens is 1130 g/mol. The predicted molar refractivity (Wildman–Crippen MR) is 329 cm³/mol. The first-order valence-corrected chi connectivity index (χ1v) is 31.6. The number of nitrogens with one attached hydrogen (secondary N) is 11. The lowest BCUT2D eigenvalue weighted by Gasteiger charge is -2.29. The van der Waals surface area contributed by atoms with Crippen LogP contribution in [0.1, 0.15) is 183 Å². The predicted octanol–water partition coefficient (Wildman–Crippen LogP) is -3.20. The Morgan fingerprint density at radius 1 is 0.483 bits per heavy atom. The molecule has 23 N–H and O–H groups in total. The van der Waals surface area contributed by atoms with Gasteiger partial charge >= 0.3 is 0 Å². The minimum absolute atomic E-state index is 0.00770. The van der Waals surface area contributed by atoms with E-state index in [0.29, 0.717) is 19.3 Å². The van der Waals surface area contributed by atoms with Crippen molar-refractivity contribution in [3.63, 3.8) is 0 Å². The number of hydrogen-bond donors (Lipinski definition) is 18. The molecule has 0 aromatic heterocycles. The normalized spacial score (nSPS) is 22.3. The van der Waals surface area contributed by atoms with Crippen LogP contribution in [0.15, 0.2) is 0 Å². The van der Waals surface area contributed by atoms with Crippen molar-refractivity contribution in [3.8, 4) is 0 Å². The van der Waals surface area contributed by atoms with Crippen LogP contribution in [0, 0.1) is 5.92 Å². The smallest absolute Gasteiger partial charge is 0.245 e. The number of amides is 11. The molecule has 0 radical (unpaired) electrons. The molecule has 0 aliphatic carbocycles. The molecule has 500 valence electrons. The summed E-state index contributed by atoms with van der Waals surface area (Å²) in [6.45, 7) is 9.15. The van der Waals surface area contributed by atoms with Gasteiger partial charge in [-0.2, -0.15) is 0 Å². The first-order chi connectivity index (χ1) is 41.4. The van der Waals surface area contributed by atoms with Crippen LogP contribution in [0.4, 0.5) is 0 Å². The Hall–Kier alpha value is -6.11. The number of unbranched alkanes of at least 4 members (excludes halogenated alkanes) is 11. The molecule has 0 aromatic rings. The zero-order chi connectivity index (χ0) is 65.4.